The summed E-state index contributed by atoms with van der Waals surface area (Å²) in [5.74, 6) is -0.410. The number of hydrogen-bond donors (Lipinski definition) is 2. The van der Waals surface area contributed by atoms with Crippen LogP contribution in [0.4, 0.5) is 0 Å². The molecule has 0 bridgehead atoms. The molecule has 0 heterocycles. The fourth-order valence-corrected chi connectivity index (χ4v) is 1.81. The van der Waals surface area contributed by atoms with E-state index in [1.807, 2.05) is 27.7 Å². The third-order valence-corrected chi connectivity index (χ3v) is 2.83. The van der Waals surface area contributed by atoms with E-state index in [0.717, 1.165) is 0 Å². The van der Waals surface area contributed by atoms with E-state index in [9.17, 15) is 9.59 Å². The average Bonchev–Trinajstić information content (AvgIpc) is 2.24. The molecule has 0 aliphatic heterocycles. The molecule has 0 fully saturated rings. The first-order chi connectivity index (χ1) is 8.70. The van der Waals surface area contributed by atoms with Gasteiger partial charge in [0.15, 0.2) is 0 Å². The number of ether oxygens (including phenoxy) is 1. The summed E-state index contributed by atoms with van der Waals surface area (Å²) < 4.78 is 5.17. The Labute approximate surface area is 116 Å². The number of carbonyl (C=O) groups is 2. The fourth-order valence-electron chi connectivity index (χ4n) is 1.81. The lowest BCUT2D eigenvalue weighted by atomic mass is 10.0. The van der Waals surface area contributed by atoms with Crippen molar-refractivity contribution in [1.29, 1.82) is 0 Å². The molecule has 2 unspecified atom stereocenters. The van der Waals surface area contributed by atoms with Crippen LogP contribution in [0, 0.1) is 11.8 Å². The van der Waals surface area contributed by atoms with Gasteiger partial charge in [0.2, 0.25) is 5.91 Å². The number of likely N-dealkylation sites (N-methyl/N-ethyl adjacent to an activating group) is 1. The van der Waals surface area contributed by atoms with Crippen molar-refractivity contribution in [1.82, 2.24) is 10.6 Å². The van der Waals surface area contributed by atoms with Crippen LogP contribution in [0.5, 0.6) is 0 Å². The summed E-state index contributed by atoms with van der Waals surface area (Å²) in [6, 6.07) is -0.919. The summed E-state index contributed by atoms with van der Waals surface area (Å²) in [7, 11) is 1.74. The van der Waals surface area contributed by atoms with Crippen molar-refractivity contribution in [3.05, 3.63) is 0 Å². The van der Waals surface area contributed by atoms with E-state index in [-0.39, 0.29) is 35.9 Å². The molecule has 2 atom stereocenters. The Morgan fingerprint density at radius 3 is 1.68 bits per heavy atom. The lowest BCUT2D eigenvalue weighted by Gasteiger charge is -2.26. The number of nitrogens with one attached hydrogen (secondary N) is 2. The first-order valence-corrected chi connectivity index (χ1v) is 6.88. The van der Waals surface area contributed by atoms with Crippen LogP contribution in [0.25, 0.3) is 0 Å². The van der Waals surface area contributed by atoms with Gasteiger partial charge in [0.25, 0.3) is 0 Å². The quantitative estimate of drug-likeness (QED) is 0.686. The fraction of sp³-hybridized carbons (Fsp3) is 0.857. The summed E-state index contributed by atoms with van der Waals surface area (Å²) in [4.78, 5) is 24.1. The van der Waals surface area contributed by atoms with Crippen molar-refractivity contribution in [2.75, 3.05) is 7.05 Å². The molecule has 0 radical (unpaired) electrons. The predicted molar refractivity (Wildman–Crippen MR) is 75.7 cm³/mol. The van der Waals surface area contributed by atoms with Gasteiger partial charge in [0.05, 0.1) is 12.1 Å². The van der Waals surface area contributed by atoms with Crippen molar-refractivity contribution in [3.63, 3.8) is 0 Å². The molecular weight excluding hydrogens is 244 g/mol. The first kappa shape index (κ1) is 17.9. The molecular formula is C14H28N2O3. The van der Waals surface area contributed by atoms with Crippen LogP contribution < -0.4 is 10.6 Å². The zero-order chi connectivity index (χ0) is 15.2. The topological polar surface area (TPSA) is 67.4 Å². The molecule has 5 heteroatoms. The maximum Gasteiger partial charge on any atom is 0.329 e. The monoisotopic (exact) mass is 272 g/mol. The molecule has 2 N–H and O–H groups in total. The Morgan fingerprint density at radius 2 is 1.37 bits per heavy atom. The van der Waals surface area contributed by atoms with Gasteiger partial charge in [0.1, 0.15) is 6.04 Å². The second-order valence-electron chi connectivity index (χ2n) is 5.73. The second kappa shape index (κ2) is 8.15. The minimum absolute atomic E-state index is 0.0140. The largest absolute Gasteiger partial charge is 0.461 e. The van der Waals surface area contributed by atoms with Gasteiger partial charge in [0, 0.05) is 0 Å². The van der Waals surface area contributed by atoms with Crippen molar-refractivity contribution in [3.8, 4) is 0 Å². The van der Waals surface area contributed by atoms with Gasteiger partial charge in [-0.2, -0.15) is 0 Å². The summed E-state index contributed by atoms with van der Waals surface area (Å²) in [5, 5.41) is 5.74. The van der Waals surface area contributed by atoms with Crippen LogP contribution in [0.1, 0.15) is 41.5 Å². The summed E-state index contributed by atoms with van der Waals surface area (Å²) in [5.41, 5.74) is 0. The van der Waals surface area contributed by atoms with E-state index in [1.54, 1.807) is 20.9 Å². The van der Waals surface area contributed by atoms with E-state index in [1.165, 1.54) is 0 Å². The van der Waals surface area contributed by atoms with Crippen LogP contribution in [0.15, 0.2) is 0 Å². The van der Waals surface area contributed by atoms with Crippen LogP contribution in [-0.2, 0) is 14.3 Å². The molecule has 1 amide bonds. The maximum absolute atomic E-state index is 12.1. The molecule has 0 rings (SSSR count). The third kappa shape index (κ3) is 6.05. The number of rotatable bonds is 7. The summed E-state index contributed by atoms with van der Waals surface area (Å²) in [6.45, 7) is 11.3. The van der Waals surface area contributed by atoms with Crippen LogP contribution >= 0.6 is 0 Å². The standard InChI is InChI=1S/C14H28N2O3/c1-8(2)11(15-7)13(17)16-12(9(3)4)14(18)19-10(5)6/h8-12,15H,1-7H3,(H,16,17). The Balaban J connectivity index is 4.75. The van der Waals surface area contributed by atoms with E-state index in [4.69, 9.17) is 4.74 Å². The Morgan fingerprint density at radius 1 is 0.895 bits per heavy atom. The molecule has 0 saturated carbocycles. The summed E-state index contributed by atoms with van der Waals surface area (Å²) >= 11 is 0. The van der Waals surface area contributed by atoms with Gasteiger partial charge in [-0.1, -0.05) is 27.7 Å². The number of esters is 1. The number of carbonyl (C=O) groups excluding carboxylic acids is 2. The molecule has 19 heavy (non-hydrogen) atoms. The SMILES string of the molecule is CNC(C(=O)NC(C(=O)OC(C)C)C(C)C)C(C)C. The average molecular weight is 272 g/mol. The lowest BCUT2D eigenvalue weighted by Crippen LogP contribution is -2.53. The Bertz CT molecular complexity index is 301. The van der Waals surface area contributed by atoms with E-state index >= 15 is 0 Å². The first-order valence-electron chi connectivity index (χ1n) is 6.88. The highest BCUT2D eigenvalue weighted by Gasteiger charge is 2.29. The highest BCUT2D eigenvalue weighted by atomic mass is 16.5. The smallest absolute Gasteiger partial charge is 0.329 e. The molecule has 0 aromatic rings. The molecule has 0 aromatic heterocycles. The van der Waals surface area contributed by atoms with Gasteiger partial charge in [-0.15, -0.1) is 0 Å². The van der Waals surface area contributed by atoms with E-state index in [0.29, 0.717) is 0 Å². The second-order valence-corrected chi connectivity index (χ2v) is 5.73. The van der Waals surface area contributed by atoms with Crippen LogP contribution in [0.3, 0.4) is 0 Å². The summed E-state index contributed by atoms with van der Waals surface area (Å²) in [6.07, 6.45) is -0.184. The van der Waals surface area contributed by atoms with Gasteiger partial charge in [-0.05, 0) is 32.7 Å². The van der Waals surface area contributed by atoms with Crippen LogP contribution in [-0.4, -0.2) is 37.1 Å². The predicted octanol–water partition coefficient (Wildman–Crippen LogP) is 1.32. The van der Waals surface area contributed by atoms with Gasteiger partial charge >= 0.3 is 5.97 Å². The van der Waals surface area contributed by atoms with Gasteiger partial charge < -0.3 is 15.4 Å². The van der Waals surface area contributed by atoms with E-state index < -0.39 is 6.04 Å². The van der Waals surface area contributed by atoms with Crippen molar-refractivity contribution in [2.24, 2.45) is 11.8 Å². The zero-order valence-corrected chi connectivity index (χ0v) is 13.1. The Kier molecular flexibility index (Phi) is 7.68. The zero-order valence-electron chi connectivity index (χ0n) is 13.1. The van der Waals surface area contributed by atoms with Gasteiger partial charge in [-0.3, -0.25) is 4.79 Å². The molecule has 0 aliphatic carbocycles. The van der Waals surface area contributed by atoms with Crippen LogP contribution in [0.2, 0.25) is 0 Å². The third-order valence-electron chi connectivity index (χ3n) is 2.83. The maximum atomic E-state index is 12.1. The molecule has 0 spiro atoms. The van der Waals surface area contributed by atoms with E-state index in [2.05, 4.69) is 10.6 Å². The number of hydrogen-bond acceptors (Lipinski definition) is 4. The molecule has 0 aliphatic rings. The van der Waals surface area contributed by atoms with Crippen molar-refractivity contribution >= 4 is 11.9 Å². The molecule has 5 nitrogen and oxygen atoms in total. The number of amides is 1. The van der Waals surface area contributed by atoms with Crippen molar-refractivity contribution in [2.45, 2.75) is 59.7 Å². The van der Waals surface area contributed by atoms with Crippen molar-refractivity contribution < 1.29 is 14.3 Å². The highest BCUT2D eigenvalue weighted by molar-refractivity contribution is 5.87. The normalized spacial score (nSPS) is 14.6. The molecule has 0 aromatic carbocycles. The lowest BCUT2D eigenvalue weighted by molar-refractivity contribution is -0.153. The minimum atomic E-state index is -0.607. The Hall–Kier alpha value is -1.10. The van der Waals surface area contributed by atoms with Gasteiger partial charge in [-0.25, -0.2) is 4.79 Å². The minimum Gasteiger partial charge on any atom is -0.461 e. The molecule has 0 saturated heterocycles. The molecule has 112 valence electrons. The highest BCUT2D eigenvalue weighted by Crippen LogP contribution is 2.08.